The molecule has 0 unspecified atom stereocenters. The maximum atomic E-state index is 13.6. The summed E-state index contributed by atoms with van der Waals surface area (Å²) in [5.74, 6) is -6.99. The molecule has 0 radical (unpaired) electrons. The predicted octanol–water partition coefficient (Wildman–Crippen LogP) is 2.54. The van der Waals surface area contributed by atoms with Gasteiger partial charge in [-0.2, -0.15) is 22.5 Å². The van der Waals surface area contributed by atoms with Gasteiger partial charge in [-0.3, -0.25) is 4.79 Å². The van der Waals surface area contributed by atoms with E-state index in [0.717, 1.165) is 0 Å². The van der Waals surface area contributed by atoms with Gasteiger partial charge in [-0.25, -0.2) is 0 Å². The first-order chi connectivity index (χ1) is 12.3. The first-order valence-electron chi connectivity index (χ1n) is 7.75. The van der Waals surface area contributed by atoms with Crippen molar-refractivity contribution in [2.75, 3.05) is 32.5 Å². The van der Waals surface area contributed by atoms with Crippen molar-refractivity contribution in [2.24, 2.45) is 0 Å². The van der Waals surface area contributed by atoms with E-state index >= 15 is 0 Å². The number of carbonyl (C=O) groups is 1. The number of nitrogens with one attached hydrogen (secondary N) is 2. The molecule has 0 atom stereocenters. The summed E-state index contributed by atoms with van der Waals surface area (Å²) >= 11 is 0. The first-order valence-corrected chi connectivity index (χ1v) is 7.75. The highest BCUT2D eigenvalue weighted by atomic mass is 19.2. The highest BCUT2D eigenvalue weighted by molar-refractivity contribution is 5.94. The quantitative estimate of drug-likeness (QED) is 0.581. The average molecular weight is 370 g/mol. The maximum absolute atomic E-state index is 13.6. The molecule has 0 aliphatic heterocycles. The standard InChI is InChI=1S/C17H18F4N4O/c1-25(2)7-6-22-17(26)11-5-3-4-10(8-11)9-23-14-12(18)15(20)24-16(21)13(14)19/h3-5,8H,6-7,9H2,1-2H3,(H,22,26)(H,23,24). The second kappa shape index (κ2) is 8.61. The number of amides is 1. The lowest BCUT2D eigenvalue weighted by Gasteiger charge is -2.12. The van der Waals surface area contributed by atoms with Crippen molar-refractivity contribution in [3.05, 3.63) is 58.9 Å². The largest absolute Gasteiger partial charge is 0.376 e. The second-order valence-corrected chi connectivity index (χ2v) is 5.81. The lowest BCUT2D eigenvalue weighted by molar-refractivity contribution is 0.0951. The Balaban J connectivity index is 2.07. The van der Waals surface area contributed by atoms with Crippen LogP contribution in [0.25, 0.3) is 0 Å². The van der Waals surface area contributed by atoms with E-state index in [1.54, 1.807) is 18.2 Å². The number of anilines is 1. The van der Waals surface area contributed by atoms with Gasteiger partial charge >= 0.3 is 0 Å². The normalized spacial score (nSPS) is 10.9. The summed E-state index contributed by atoms with van der Waals surface area (Å²) in [4.78, 5) is 16.5. The van der Waals surface area contributed by atoms with Crippen LogP contribution in [-0.4, -0.2) is 43.0 Å². The summed E-state index contributed by atoms with van der Waals surface area (Å²) in [6, 6.07) is 6.30. The fraction of sp³-hybridized carbons (Fsp3) is 0.294. The molecule has 1 heterocycles. The molecule has 0 aliphatic rings. The van der Waals surface area contributed by atoms with Gasteiger partial charge in [0.1, 0.15) is 5.69 Å². The number of nitrogens with zero attached hydrogens (tertiary/aromatic N) is 2. The molecule has 0 aliphatic carbocycles. The maximum Gasteiger partial charge on any atom is 0.253 e. The molecule has 1 aromatic heterocycles. The van der Waals surface area contributed by atoms with Crippen LogP contribution in [0.3, 0.4) is 0 Å². The molecular weight excluding hydrogens is 352 g/mol. The van der Waals surface area contributed by atoms with Crippen LogP contribution in [0, 0.1) is 23.5 Å². The van der Waals surface area contributed by atoms with E-state index in [1.807, 2.05) is 19.0 Å². The summed E-state index contributed by atoms with van der Waals surface area (Å²) < 4.78 is 53.4. The third-order valence-electron chi connectivity index (χ3n) is 3.50. The first kappa shape index (κ1) is 19.6. The minimum Gasteiger partial charge on any atom is -0.376 e. The highest BCUT2D eigenvalue weighted by Crippen LogP contribution is 2.22. The number of hydrogen-bond donors (Lipinski definition) is 2. The number of halogens is 4. The van der Waals surface area contributed by atoms with E-state index in [1.165, 1.54) is 6.07 Å². The zero-order valence-corrected chi connectivity index (χ0v) is 14.2. The number of hydrogen-bond acceptors (Lipinski definition) is 4. The Morgan fingerprint density at radius 1 is 1.12 bits per heavy atom. The summed E-state index contributed by atoms with van der Waals surface area (Å²) in [5.41, 5.74) is -0.0892. The molecular formula is C17H18F4N4O. The van der Waals surface area contributed by atoms with Crippen molar-refractivity contribution in [1.82, 2.24) is 15.2 Å². The van der Waals surface area contributed by atoms with Crippen LogP contribution >= 0.6 is 0 Å². The molecule has 2 aromatic rings. The number of rotatable bonds is 7. The van der Waals surface area contributed by atoms with Crippen molar-refractivity contribution < 1.29 is 22.4 Å². The van der Waals surface area contributed by atoms with Gasteiger partial charge in [0.25, 0.3) is 17.8 Å². The summed E-state index contributed by atoms with van der Waals surface area (Å²) in [6.45, 7) is 0.987. The molecule has 0 spiro atoms. The Morgan fingerprint density at radius 2 is 1.77 bits per heavy atom. The van der Waals surface area contributed by atoms with Gasteiger partial charge in [0.15, 0.2) is 0 Å². The van der Waals surface area contributed by atoms with Crippen molar-refractivity contribution >= 4 is 11.6 Å². The van der Waals surface area contributed by atoms with Crippen molar-refractivity contribution in [3.8, 4) is 0 Å². The van der Waals surface area contributed by atoms with E-state index in [4.69, 9.17) is 0 Å². The second-order valence-electron chi connectivity index (χ2n) is 5.81. The molecule has 140 valence electrons. The predicted molar refractivity (Wildman–Crippen MR) is 88.7 cm³/mol. The fourth-order valence-electron chi connectivity index (χ4n) is 2.15. The Kier molecular flexibility index (Phi) is 6.51. The SMILES string of the molecule is CN(C)CCNC(=O)c1cccc(CNc2c(F)c(F)nc(F)c2F)c1. The zero-order chi connectivity index (χ0) is 19.3. The number of aromatic nitrogens is 1. The summed E-state index contributed by atoms with van der Waals surface area (Å²) in [6.07, 6.45) is 0. The lowest BCUT2D eigenvalue weighted by atomic mass is 10.1. The highest BCUT2D eigenvalue weighted by Gasteiger charge is 2.20. The van der Waals surface area contributed by atoms with E-state index in [9.17, 15) is 22.4 Å². The number of carbonyl (C=O) groups excluding carboxylic acids is 1. The molecule has 9 heteroatoms. The minimum absolute atomic E-state index is 0.143. The molecule has 0 fully saturated rings. The molecule has 5 nitrogen and oxygen atoms in total. The van der Waals surface area contributed by atoms with Gasteiger partial charge in [-0.05, 0) is 31.8 Å². The van der Waals surface area contributed by atoms with Crippen LogP contribution in [-0.2, 0) is 6.54 Å². The Hall–Kier alpha value is -2.68. The van der Waals surface area contributed by atoms with E-state index in [2.05, 4.69) is 15.6 Å². The van der Waals surface area contributed by atoms with E-state index in [-0.39, 0.29) is 12.5 Å². The van der Waals surface area contributed by atoms with Crippen molar-refractivity contribution in [1.29, 1.82) is 0 Å². The van der Waals surface area contributed by atoms with Gasteiger partial charge in [0.05, 0.1) is 0 Å². The molecule has 2 rings (SSSR count). The van der Waals surface area contributed by atoms with Crippen molar-refractivity contribution in [2.45, 2.75) is 6.54 Å². The molecule has 1 amide bonds. The topological polar surface area (TPSA) is 57.3 Å². The van der Waals surface area contributed by atoms with Gasteiger partial charge in [-0.1, -0.05) is 12.1 Å². The molecule has 1 aromatic carbocycles. The van der Waals surface area contributed by atoms with Crippen LogP contribution in [0.5, 0.6) is 0 Å². The lowest BCUT2D eigenvalue weighted by Crippen LogP contribution is -2.31. The molecule has 0 bridgehead atoms. The summed E-state index contributed by atoms with van der Waals surface area (Å²) in [5, 5.41) is 5.03. The van der Waals surface area contributed by atoms with Crippen LogP contribution in [0.15, 0.2) is 24.3 Å². The monoisotopic (exact) mass is 370 g/mol. The van der Waals surface area contributed by atoms with Crippen molar-refractivity contribution in [3.63, 3.8) is 0 Å². The molecule has 0 saturated carbocycles. The summed E-state index contributed by atoms with van der Waals surface area (Å²) in [7, 11) is 3.75. The van der Waals surface area contributed by atoms with Crippen LogP contribution in [0.4, 0.5) is 23.2 Å². The average Bonchev–Trinajstić information content (AvgIpc) is 2.60. The zero-order valence-electron chi connectivity index (χ0n) is 14.2. The smallest absolute Gasteiger partial charge is 0.253 e. The molecule has 0 saturated heterocycles. The minimum atomic E-state index is -1.74. The fourth-order valence-corrected chi connectivity index (χ4v) is 2.15. The van der Waals surface area contributed by atoms with E-state index in [0.29, 0.717) is 24.2 Å². The number of likely N-dealkylation sites (N-methyl/N-ethyl adjacent to an activating group) is 1. The Morgan fingerprint density at radius 3 is 2.38 bits per heavy atom. The Bertz CT molecular complexity index is 772. The van der Waals surface area contributed by atoms with Gasteiger partial charge in [0, 0.05) is 25.2 Å². The van der Waals surface area contributed by atoms with Crippen LogP contribution < -0.4 is 10.6 Å². The van der Waals surface area contributed by atoms with Gasteiger partial charge in [0.2, 0.25) is 11.6 Å². The third kappa shape index (κ3) is 4.92. The number of benzene rings is 1. The van der Waals surface area contributed by atoms with Gasteiger partial charge in [-0.15, -0.1) is 0 Å². The van der Waals surface area contributed by atoms with Crippen LogP contribution in [0.1, 0.15) is 15.9 Å². The van der Waals surface area contributed by atoms with E-state index < -0.39 is 29.2 Å². The molecule has 2 N–H and O–H groups in total. The number of pyridine rings is 1. The van der Waals surface area contributed by atoms with Gasteiger partial charge < -0.3 is 15.5 Å². The molecule has 26 heavy (non-hydrogen) atoms. The third-order valence-corrected chi connectivity index (χ3v) is 3.50. The van der Waals surface area contributed by atoms with Crippen LogP contribution in [0.2, 0.25) is 0 Å². The Labute approximate surface area is 148 Å².